The van der Waals surface area contributed by atoms with Crippen LogP contribution in [0, 0.1) is 12.7 Å². The van der Waals surface area contributed by atoms with Crippen molar-refractivity contribution in [2.24, 2.45) is 0 Å². The van der Waals surface area contributed by atoms with Crippen molar-refractivity contribution in [3.05, 3.63) is 71.7 Å². The van der Waals surface area contributed by atoms with E-state index in [9.17, 15) is 18.8 Å². The minimum atomic E-state index is -0.742. The number of aromatic nitrogens is 1. The molecule has 0 saturated heterocycles. The highest BCUT2D eigenvalue weighted by atomic mass is 19.1. The van der Waals surface area contributed by atoms with Crippen LogP contribution in [0.3, 0.4) is 0 Å². The Bertz CT molecular complexity index is 1120. The number of aryl methyl sites for hydroxylation is 1. The lowest BCUT2D eigenvalue weighted by Crippen LogP contribution is -2.39. The van der Waals surface area contributed by atoms with Gasteiger partial charge in [0.2, 0.25) is 0 Å². The van der Waals surface area contributed by atoms with Gasteiger partial charge in [-0.1, -0.05) is 18.2 Å². The summed E-state index contributed by atoms with van der Waals surface area (Å²) in [6, 6.07) is 14.1. The molecule has 1 heterocycles. The van der Waals surface area contributed by atoms with Gasteiger partial charge in [-0.15, -0.1) is 0 Å². The van der Waals surface area contributed by atoms with E-state index < -0.39 is 30.3 Å². The maximum absolute atomic E-state index is 13.4. The van der Waals surface area contributed by atoms with Gasteiger partial charge < -0.3 is 9.47 Å². The number of fused-ring (bicyclic) bond motifs is 1. The molecule has 0 unspecified atom stereocenters. The minimum absolute atomic E-state index is 0.170. The van der Waals surface area contributed by atoms with E-state index in [4.69, 9.17) is 9.47 Å². The number of carbonyl (C=O) groups excluding carboxylic acids is 3. The first-order valence-corrected chi connectivity index (χ1v) is 9.64. The van der Waals surface area contributed by atoms with Crippen molar-refractivity contribution in [3.63, 3.8) is 0 Å². The highest BCUT2D eigenvalue weighted by Gasteiger charge is 2.22. The fourth-order valence-corrected chi connectivity index (χ4v) is 2.99. The van der Waals surface area contributed by atoms with Crippen molar-refractivity contribution in [1.82, 2.24) is 4.98 Å². The Morgan fingerprint density at radius 3 is 2.48 bits per heavy atom. The average Bonchev–Trinajstić information content (AvgIpc) is 2.76. The van der Waals surface area contributed by atoms with E-state index in [1.165, 1.54) is 29.2 Å². The summed E-state index contributed by atoms with van der Waals surface area (Å²) in [5.41, 5.74) is 1.41. The Hall–Kier alpha value is -3.81. The highest BCUT2D eigenvalue weighted by Crippen LogP contribution is 2.19. The molecule has 7 nitrogen and oxygen atoms in total. The van der Waals surface area contributed by atoms with Crippen LogP contribution >= 0.6 is 0 Å². The van der Waals surface area contributed by atoms with E-state index in [1.54, 1.807) is 44.2 Å². The van der Waals surface area contributed by atoms with E-state index in [-0.39, 0.29) is 18.7 Å². The van der Waals surface area contributed by atoms with Gasteiger partial charge in [-0.25, -0.2) is 9.18 Å². The molecule has 0 bridgehead atoms. The first-order valence-electron chi connectivity index (χ1n) is 9.64. The second-order valence-electron chi connectivity index (χ2n) is 6.65. The highest BCUT2D eigenvalue weighted by molar-refractivity contribution is 6.01. The third kappa shape index (κ3) is 5.42. The molecule has 2 aromatic carbocycles. The van der Waals surface area contributed by atoms with Gasteiger partial charge in [-0.3, -0.25) is 19.5 Å². The molecular weight excluding hydrogens is 403 g/mol. The second-order valence-corrected chi connectivity index (χ2v) is 6.65. The number of benzene rings is 2. The summed E-state index contributed by atoms with van der Waals surface area (Å²) >= 11 is 0. The minimum Gasteiger partial charge on any atom is -0.465 e. The van der Waals surface area contributed by atoms with Crippen molar-refractivity contribution in [1.29, 1.82) is 0 Å². The Morgan fingerprint density at radius 1 is 1.03 bits per heavy atom. The lowest BCUT2D eigenvalue weighted by molar-refractivity contribution is -0.142. The van der Waals surface area contributed by atoms with E-state index >= 15 is 0 Å². The quantitative estimate of drug-likeness (QED) is 0.540. The zero-order chi connectivity index (χ0) is 22.4. The summed E-state index contributed by atoms with van der Waals surface area (Å²) in [6.07, 6.45) is 0. The van der Waals surface area contributed by atoms with Crippen LogP contribution < -0.4 is 4.90 Å². The Balaban J connectivity index is 1.74. The van der Waals surface area contributed by atoms with Gasteiger partial charge in [0.1, 0.15) is 12.4 Å². The number of pyridine rings is 1. The molecule has 3 aromatic rings. The summed E-state index contributed by atoms with van der Waals surface area (Å²) < 4.78 is 23.5. The molecule has 0 aliphatic heterocycles. The standard InChI is InChI=1S/C23H21FN2O5/c1-3-30-22(28)13-26(18-7-5-4-6-8-18)21(27)14-31-23(29)19-11-16-9-10-17(24)12-20(16)25-15(19)2/h4-12H,3,13-14H2,1-2H3. The molecular formula is C23H21FN2O5. The second kappa shape index (κ2) is 9.80. The molecule has 160 valence electrons. The molecule has 0 spiro atoms. The normalized spacial score (nSPS) is 10.5. The van der Waals surface area contributed by atoms with Crippen molar-refractivity contribution >= 4 is 34.4 Å². The largest absolute Gasteiger partial charge is 0.465 e. The number of nitrogens with zero attached hydrogens (tertiary/aromatic N) is 2. The molecule has 0 N–H and O–H groups in total. The number of halogens is 1. The van der Waals surface area contributed by atoms with Gasteiger partial charge in [0.05, 0.1) is 23.4 Å². The number of hydrogen-bond donors (Lipinski definition) is 0. The molecule has 3 rings (SSSR count). The first kappa shape index (κ1) is 21.9. The van der Waals surface area contributed by atoms with Crippen LogP contribution in [0.25, 0.3) is 10.9 Å². The Kier molecular flexibility index (Phi) is 6.92. The first-order chi connectivity index (χ1) is 14.9. The van der Waals surface area contributed by atoms with Crippen molar-refractivity contribution in [2.45, 2.75) is 13.8 Å². The summed E-state index contributed by atoms with van der Waals surface area (Å²) in [4.78, 5) is 42.7. The van der Waals surface area contributed by atoms with Crippen LogP contribution in [0.1, 0.15) is 23.0 Å². The van der Waals surface area contributed by atoms with Crippen LogP contribution in [0.5, 0.6) is 0 Å². The lowest BCUT2D eigenvalue weighted by Gasteiger charge is -2.21. The van der Waals surface area contributed by atoms with Crippen LogP contribution in [0.2, 0.25) is 0 Å². The number of anilines is 1. The van der Waals surface area contributed by atoms with E-state index in [1.807, 2.05) is 0 Å². The summed E-state index contributed by atoms with van der Waals surface area (Å²) in [6.45, 7) is 2.57. The predicted molar refractivity (Wildman–Crippen MR) is 112 cm³/mol. The lowest BCUT2D eigenvalue weighted by atomic mass is 10.1. The number of ether oxygens (including phenoxy) is 2. The number of carbonyl (C=O) groups is 3. The summed E-state index contributed by atoms with van der Waals surface area (Å²) in [7, 11) is 0. The van der Waals surface area contributed by atoms with Crippen LogP contribution in [0.15, 0.2) is 54.6 Å². The van der Waals surface area contributed by atoms with E-state index in [0.29, 0.717) is 22.3 Å². The maximum atomic E-state index is 13.4. The average molecular weight is 424 g/mol. The molecule has 8 heteroatoms. The summed E-state index contributed by atoms with van der Waals surface area (Å²) in [5.74, 6) is -2.33. The number of para-hydroxylation sites is 1. The SMILES string of the molecule is CCOC(=O)CN(C(=O)COC(=O)c1cc2ccc(F)cc2nc1C)c1ccccc1. The Morgan fingerprint density at radius 2 is 1.77 bits per heavy atom. The molecule has 0 saturated carbocycles. The topological polar surface area (TPSA) is 85.8 Å². The van der Waals surface area contributed by atoms with E-state index in [0.717, 1.165) is 0 Å². The number of amides is 1. The number of esters is 2. The molecule has 0 aliphatic rings. The van der Waals surface area contributed by atoms with Crippen LogP contribution in [-0.4, -0.2) is 42.6 Å². The van der Waals surface area contributed by atoms with Gasteiger partial charge in [0.15, 0.2) is 6.61 Å². The smallest absolute Gasteiger partial charge is 0.340 e. The van der Waals surface area contributed by atoms with Crippen molar-refractivity contribution < 1.29 is 28.2 Å². The Labute approximate surface area is 178 Å². The predicted octanol–water partition coefficient (Wildman–Crippen LogP) is 3.44. The monoisotopic (exact) mass is 424 g/mol. The molecule has 1 amide bonds. The zero-order valence-electron chi connectivity index (χ0n) is 17.1. The van der Waals surface area contributed by atoms with E-state index in [2.05, 4.69) is 4.98 Å². The van der Waals surface area contributed by atoms with Gasteiger partial charge >= 0.3 is 11.9 Å². The summed E-state index contributed by atoms with van der Waals surface area (Å²) in [5, 5.41) is 0.568. The molecule has 31 heavy (non-hydrogen) atoms. The molecule has 0 atom stereocenters. The fourth-order valence-electron chi connectivity index (χ4n) is 2.99. The van der Waals surface area contributed by atoms with Gasteiger partial charge in [0.25, 0.3) is 5.91 Å². The number of rotatable bonds is 7. The maximum Gasteiger partial charge on any atom is 0.340 e. The zero-order valence-corrected chi connectivity index (χ0v) is 17.1. The molecule has 0 fully saturated rings. The molecule has 0 radical (unpaired) electrons. The van der Waals surface area contributed by atoms with Gasteiger partial charge in [-0.05, 0) is 44.2 Å². The third-order valence-corrected chi connectivity index (χ3v) is 4.48. The van der Waals surface area contributed by atoms with Crippen LogP contribution in [0.4, 0.5) is 10.1 Å². The van der Waals surface area contributed by atoms with Crippen molar-refractivity contribution in [2.75, 3.05) is 24.7 Å². The van der Waals surface area contributed by atoms with Gasteiger partial charge in [-0.2, -0.15) is 0 Å². The molecule has 1 aromatic heterocycles. The number of hydrogen-bond acceptors (Lipinski definition) is 6. The van der Waals surface area contributed by atoms with Crippen LogP contribution in [-0.2, 0) is 19.1 Å². The molecule has 0 aliphatic carbocycles. The van der Waals surface area contributed by atoms with Gasteiger partial charge in [0, 0.05) is 17.1 Å². The fraction of sp³-hybridized carbons (Fsp3) is 0.217. The third-order valence-electron chi connectivity index (χ3n) is 4.48. The van der Waals surface area contributed by atoms with Crippen molar-refractivity contribution in [3.8, 4) is 0 Å².